The maximum absolute atomic E-state index is 13.3. The summed E-state index contributed by atoms with van der Waals surface area (Å²) in [6.07, 6.45) is 2.95. The maximum atomic E-state index is 13.3. The van der Waals surface area contributed by atoms with Crippen LogP contribution >= 0.6 is 15.9 Å². The highest BCUT2D eigenvalue weighted by Gasteiger charge is 2.07. The number of benzene rings is 1. The van der Waals surface area contributed by atoms with Gasteiger partial charge in [0.25, 0.3) is 0 Å². The quantitative estimate of drug-likeness (QED) is 0.814. The molecule has 3 heteroatoms. The molecule has 1 aliphatic rings. The highest BCUT2D eigenvalue weighted by atomic mass is 79.9. The van der Waals surface area contributed by atoms with E-state index in [-0.39, 0.29) is 5.82 Å². The van der Waals surface area contributed by atoms with Crippen molar-refractivity contribution < 1.29 is 4.39 Å². The van der Waals surface area contributed by atoms with Gasteiger partial charge >= 0.3 is 0 Å². The Morgan fingerprint density at radius 1 is 1.43 bits per heavy atom. The molecular formula is C11H11BrFN. The van der Waals surface area contributed by atoms with Crippen molar-refractivity contribution in [2.75, 3.05) is 13.1 Å². The first kappa shape index (κ1) is 9.87. The summed E-state index contributed by atoms with van der Waals surface area (Å²) in [5, 5.41) is 3.22. The van der Waals surface area contributed by atoms with Crippen LogP contribution in [-0.2, 0) is 0 Å². The number of hydrogen-bond acceptors (Lipinski definition) is 1. The van der Waals surface area contributed by atoms with Crippen molar-refractivity contribution in [2.45, 2.75) is 6.42 Å². The Labute approximate surface area is 91.1 Å². The Morgan fingerprint density at radius 2 is 2.29 bits per heavy atom. The average Bonchev–Trinajstić information content (AvgIpc) is 2.64. The normalized spacial score (nSPS) is 19.1. The largest absolute Gasteiger partial charge is 0.313 e. The van der Waals surface area contributed by atoms with Gasteiger partial charge in [0.05, 0.1) is 0 Å². The summed E-state index contributed by atoms with van der Waals surface area (Å²) in [6.45, 7) is 1.88. The van der Waals surface area contributed by atoms with Gasteiger partial charge in [-0.2, -0.15) is 0 Å². The molecule has 1 aliphatic heterocycles. The van der Waals surface area contributed by atoms with Gasteiger partial charge in [0, 0.05) is 16.6 Å². The van der Waals surface area contributed by atoms with Crippen LogP contribution in [0.4, 0.5) is 4.39 Å². The molecule has 1 N–H and O–H groups in total. The van der Waals surface area contributed by atoms with Crippen molar-refractivity contribution in [1.82, 2.24) is 5.32 Å². The van der Waals surface area contributed by atoms with Gasteiger partial charge in [-0.15, -0.1) is 0 Å². The fourth-order valence-corrected chi connectivity index (χ4v) is 1.93. The zero-order valence-corrected chi connectivity index (χ0v) is 9.27. The molecule has 2 rings (SSSR count). The highest BCUT2D eigenvalue weighted by molar-refractivity contribution is 9.10. The number of nitrogens with one attached hydrogen (secondary N) is 1. The van der Waals surface area contributed by atoms with Crippen LogP contribution in [-0.4, -0.2) is 13.1 Å². The van der Waals surface area contributed by atoms with Crippen LogP contribution in [0.15, 0.2) is 28.2 Å². The molecule has 1 heterocycles. The second kappa shape index (κ2) is 4.24. The maximum Gasteiger partial charge on any atom is 0.130 e. The van der Waals surface area contributed by atoms with Crippen molar-refractivity contribution in [3.63, 3.8) is 0 Å². The fraction of sp³-hybridized carbons (Fsp3) is 0.273. The van der Waals surface area contributed by atoms with Crippen molar-refractivity contribution in [3.05, 3.63) is 39.6 Å². The first-order chi connectivity index (χ1) is 6.75. The van der Waals surface area contributed by atoms with E-state index in [1.165, 1.54) is 11.6 Å². The third-order valence-electron chi connectivity index (χ3n) is 2.29. The van der Waals surface area contributed by atoms with Gasteiger partial charge in [-0.05, 0) is 31.2 Å². The van der Waals surface area contributed by atoms with Crippen molar-refractivity contribution in [2.24, 2.45) is 0 Å². The van der Waals surface area contributed by atoms with E-state index in [2.05, 4.69) is 21.2 Å². The van der Waals surface area contributed by atoms with Crippen LogP contribution in [0, 0.1) is 5.82 Å². The van der Waals surface area contributed by atoms with Gasteiger partial charge in [0.1, 0.15) is 5.82 Å². The predicted molar refractivity (Wildman–Crippen MR) is 59.6 cm³/mol. The van der Waals surface area contributed by atoms with Gasteiger partial charge in [0.15, 0.2) is 0 Å². The lowest BCUT2D eigenvalue weighted by molar-refractivity contribution is 0.624. The first-order valence-corrected chi connectivity index (χ1v) is 5.40. The van der Waals surface area contributed by atoms with E-state index in [9.17, 15) is 4.39 Å². The van der Waals surface area contributed by atoms with Crippen molar-refractivity contribution in [3.8, 4) is 0 Å². The summed E-state index contributed by atoms with van der Waals surface area (Å²) in [6, 6.07) is 5.00. The number of hydrogen-bond donors (Lipinski definition) is 1. The Morgan fingerprint density at radius 3 is 3.00 bits per heavy atom. The van der Waals surface area contributed by atoms with Gasteiger partial charge in [-0.25, -0.2) is 4.39 Å². The molecule has 0 unspecified atom stereocenters. The first-order valence-electron chi connectivity index (χ1n) is 4.61. The third kappa shape index (κ3) is 2.22. The Balaban J connectivity index is 2.31. The molecule has 14 heavy (non-hydrogen) atoms. The van der Waals surface area contributed by atoms with Crippen LogP contribution < -0.4 is 5.32 Å². The van der Waals surface area contributed by atoms with Gasteiger partial charge in [-0.3, -0.25) is 0 Å². The summed E-state index contributed by atoms with van der Waals surface area (Å²) in [5.41, 5.74) is 1.93. The molecular weight excluding hydrogens is 245 g/mol. The summed E-state index contributed by atoms with van der Waals surface area (Å²) in [4.78, 5) is 0. The molecule has 1 fully saturated rings. The summed E-state index contributed by atoms with van der Waals surface area (Å²) < 4.78 is 14.3. The SMILES string of the molecule is Fc1ccc(Br)cc1/C=C1/CCNC1. The minimum absolute atomic E-state index is 0.160. The topological polar surface area (TPSA) is 12.0 Å². The lowest BCUT2D eigenvalue weighted by atomic mass is 10.1. The van der Waals surface area contributed by atoms with E-state index < -0.39 is 0 Å². The molecule has 0 amide bonds. The second-order valence-electron chi connectivity index (χ2n) is 3.40. The highest BCUT2D eigenvalue weighted by Crippen LogP contribution is 2.19. The molecule has 0 spiro atoms. The van der Waals surface area contributed by atoms with E-state index >= 15 is 0 Å². The number of rotatable bonds is 1. The minimum Gasteiger partial charge on any atom is -0.313 e. The molecule has 1 aromatic rings. The molecule has 0 aromatic heterocycles. The van der Waals surface area contributed by atoms with Crippen molar-refractivity contribution >= 4 is 22.0 Å². The van der Waals surface area contributed by atoms with E-state index in [0.717, 1.165) is 24.0 Å². The third-order valence-corrected chi connectivity index (χ3v) is 2.79. The standard InChI is InChI=1S/C11H11BrFN/c12-10-1-2-11(13)9(6-10)5-8-3-4-14-7-8/h1-2,5-6,14H,3-4,7H2/b8-5-. The van der Waals surface area contributed by atoms with E-state index in [1.807, 2.05) is 6.08 Å². The zero-order chi connectivity index (χ0) is 9.97. The summed E-state index contributed by atoms with van der Waals surface area (Å²) in [7, 11) is 0. The van der Waals surface area contributed by atoms with E-state index in [1.54, 1.807) is 12.1 Å². The van der Waals surface area contributed by atoms with Crippen LogP contribution in [0.5, 0.6) is 0 Å². The molecule has 1 nitrogen and oxygen atoms in total. The monoisotopic (exact) mass is 255 g/mol. The molecule has 0 aliphatic carbocycles. The molecule has 74 valence electrons. The van der Waals surface area contributed by atoms with Crippen LogP contribution in [0.2, 0.25) is 0 Å². The lowest BCUT2D eigenvalue weighted by Crippen LogP contribution is -2.04. The minimum atomic E-state index is -0.160. The number of halogens is 2. The summed E-state index contributed by atoms with van der Waals surface area (Å²) in [5.74, 6) is -0.160. The molecule has 0 radical (unpaired) electrons. The molecule has 0 saturated carbocycles. The Kier molecular flexibility index (Phi) is 2.99. The zero-order valence-electron chi connectivity index (χ0n) is 7.69. The summed E-state index contributed by atoms with van der Waals surface area (Å²) >= 11 is 3.33. The molecule has 1 aromatic carbocycles. The smallest absolute Gasteiger partial charge is 0.130 e. The average molecular weight is 256 g/mol. The molecule has 1 saturated heterocycles. The molecule has 0 atom stereocenters. The van der Waals surface area contributed by atoms with Crippen LogP contribution in [0.1, 0.15) is 12.0 Å². The Hall–Kier alpha value is -0.670. The van der Waals surface area contributed by atoms with Gasteiger partial charge < -0.3 is 5.32 Å². The Bertz CT molecular complexity index is 366. The van der Waals surface area contributed by atoms with E-state index in [0.29, 0.717) is 5.56 Å². The van der Waals surface area contributed by atoms with Gasteiger partial charge in [-0.1, -0.05) is 27.6 Å². The predicted octanol–water partition coefficient (Wildman–Crippen LogP) is 2.96. The fourth-order valence-electron chi connectivity index (χ4n) is 1.55. The van der Waals surface area contributed by atoms with Gasteiger partial charge in [0.2, 0.25) is 0 Å². The van der Waals surface area contributed by atoms with Crippen molar-refractivity contribution in [1.29, 1.82) is 0 Å². The second-order valence-corrected chi connectivity index (χ2v) is 4.31. The molecule has 0 bridgehead atoms. The lowest BCUT2D eigenvalue weighted by Gasteiger charge is -2.00. The van der Waals surface area contributed by atoms with Crippen LogP contribution in [0.25, 0.3) is 6.08 Å². The van der Waals surface area contributed by atoms with Crippen LogP contribution in [0.3, 0.4) is 0 Å². The van der Waals surface area contributed by atoms with E-state index in [4.69, 9.17) is 0 Å².